The second-order valence-corrected chi connectivity index (χ2v) is 4.89. The van der Waals surface area contributed by atoms with E-state index < -0.39 is 23.8 Å². The van der Waals surface area contributed by atoms with E-state index in [9.17, 15) is 19.2 Å². The molecule has 24 heavy (non-hydrogen) atoms. The highest BCUT2D eigenvalue weighted by Gasteiger charge is 2.18. The molecule has 0 heterocycles. The van der Waals surface area contributed by atoms with Gasteiger partial charge in [0.2, 0.25) is 11.8 Å². The SMILES string of the molecule is CC(=O)C(CCC(=O)O)NC(=O)CNC(=O)COCCOCCN. The molecule has 0 aromatic rings. The molecular weight excluding hydrogens is 322 g/mol. The Morgan fingerprint density at radius 3 is 2.33 bits per heavy atom. The Balaban J connectivity index is 3.90. The van der Waals surface area contributed by atoms with Crippen LogP contribution in [0.4, 0.5) is 0 Å². The Bertz CT molecular complexity index is 429. The zero-order chi connectivity index (χ0) is 18.4. The Hall–Kier alpha value is -2.04. The van der Waals surface area contributed by atoms with Gasteiger partial charge in [0.05, 0.1) is 32.4 Å². The summed E-state index contributed by atoms with van der Waals surface area (Å²) in [5.74, 6) is -2.48. The number of amides is 2. The number of nitrogens with one attached hydrogen (secondary N) is 2. The summed E-state index contributed by atoms with van der Waals surface area (Å²) in [5.41, 5.74) is 5.23. The number of rotatable bonds is 14. The molecule has 5 N–H and O–H groups in total. The minimum Gasteiger partial charge on any atom is -0.481 e. The molecule has 138 valence electrons. The summed E-state index contributed by atoms with van der Waals surface area (Å²) < 4.78 is 10.1. The van der Waals surface area contributed by atoms with Crippen molar-refractivity contribution in [3.8, 4) is 0 Å². The smallest absolute Gasteiger partial charge is 0.303 e. The maximum Gasteiger partial charge on any atom is 0.303 e. The van der Waals surface area contributed by atoms with E-state index in [4.69, 9.17) is 20.3 Å². The molecule has 0 aromatic heterocycles. The van der Waals surface area contributed by atoms with Crippen LogP contribution in [0.25, 0.3) is 0 Å². The van der Waals surface area contributed by atoms with E-state index in [-0.39, 0.29) is 38.4 Å². The van der Waals surface area contributed by atoms with Crippen molar-refractivity contribution in [3.63, 3.8) is 0 Å². The van der Waals surface area contributed by atoms with Gasteiger partial charge in [-0.1, -0.05) is 0 Å². The van der Waals surface area contributed by atoms with Crippen LogP contribution in [0.5, 0.6) is 0 Å². The van der Waals surface area contributed by atoms with Crippen molar-refractivity contribution in [1.82, 2.24) is 10.6 Å². The van der Waals surface area contributed by atoms with Crippen LogP contribution in [0.15, 0.2) is 0 Å². The monoisotopic (exact) mass is 347 g/mol. The first-order chi connectivity index (χ1) is 11.4. The van der Waals surface area contributed by atoms with E-state index >= 15 is 0 Å². The predicted octanol–water partition coefficient (Wildman–Crippen LogP) is -1.97. The number of aliphatic carboxylic acids is 1. The molecular formula is C14H25N3O7. The first-order valence-electron chi connectivity index (χ1n) is 7.50. The van der Waals surface area contributed by atoms with E-state index in [1.165, 1.54) is 6.92 Å². The molecule has 0 rings (SSSR count). The predicted molar refractivity (Wildman–Crippen MR) is 83.2 cm³/mol. The lowest BCUT2D eigenvalue weighted by Crippen LogP contribution is -2.45. The fraction of sp³-hybridized carbons (Fsp3) is 0.714. The molecule has 0 aliphatic carbocycles. The maximum atomic E-state index is 11.7. The highest BCUT2D eigenvalue weighted by atomic mass is 16.5. The fourth-order valence-corrected chi connectivity index (χ4v) is 1.59. The number of carbonyl (C=O) groups excluding carboxylic acids is 3. The normalized spacial score (nSPS) is 11.6. The van der Waals surface area contributed by atoms with Crippen LogP contribution in [-0.2, 0) is 28.7 Å². The van der Waals surface area contributed by atoms with Crippen molar-refractivity contribution >= 4 is 23.6 Å². The molecule has 2 amide bonds. The van der Waals surface area contributed by atoms with E-state index in [2.05, 4.69) is 10.6 Å². The molecule has 0 aliphatic heterocycles. The van der Waals surface area contributed by atoms with Gasteiger partial charge in [0.15, 0.2) is 5.78 Å². The summed E-state index contributed by atoms with van der Waals surface area (Å²) in [6.45, 7) is 2.05. The van der Waals surface area contributed by atoms with Gasteiger partial charge in [-0.05, 0) is 13.3 Å². The van der Waals surface area contributed by atoms with Gasteiger partial charge in [0, 0.05) is 13.0 Å². The quantitative estimate of drug-likeness (QED) is 0.264. The lowest BCUT2D eigenvalue weighted by molar-refractivity contribution is -0.137. The van der Waals surface area contributed by atoms with Crippen molar-refractivity contribution in [2.24, 2.45) is 5.73 Å². The number of ketones is 1. The summed E-state index contributed by atoms with van der Waals surface area (Å²) in [4.78, 5) is 45.0. The number of ether oxygens (including phenoxy) is 2. The average molecular weight is 347 g/mol. The van der Waals surface area contributed by atoms with E-state index in [1.807, 2.05) is 0 Å². The Labute approximate surface area is 140 Å². The second-order valence-electron chi connectivity index (χ2n) is 4.89. The summed E-state index contributed by atoms with van der Waals surface area (Å²) in [7, 11) is 0. The molecule has 10 heteroatoms. The highest BCUT2D eigenvalue weighted by Crippen LogP contribution is 1.99. The van der Waals surface area contributed by atoms with Crippen LogP contribution in [-0.4, -0.2) is 74.2 Å². The third kappa shape index (κ3) is 12.5. The van der Waals surface area contributed by atoms with Crippen molar-refractivity contribution in [2.75, 3.05) is 39.5 Å². The minimum atomic E-state index is -1.06. The topological polar surface area (TPSA) is 157 Å². The lowest BCUT2D eigenvalue weighted by Gasteiger charge is -2.15. The number of carboxylic acids is 1. The Morgan fingerprint density at radius 1 is 1.08 bits per heavy atom. The number of carbonyl (C=O) groups is 4. The molecule has 0 bridgehead atoms. The Kier molecular flexibility index (Phi) is 12.3. The van der Waals surface area contributed by atoms with Crippen molar-refractivity contribution < 1.29 is 33.8 Å². The van der Waals surface area contributed by atoms with Crippen LogP contribution < -0.4 is 16.4 Å². The van der Waals surface area contributed by atoms with E-state index in [1.54, 1.807) is 0 Å². The van der Waals surface area contributed by atoms with Gasteiger partial charge in [0.1, 0.15) is 6.61 Å². The number of Topliss-reactive ketones (excluding diaryl/α,β-unsaturated/α-hetero) is 1. The highest BCUT2D eigenvalue weighted by molar-refractivity contribution is 5.90. The van der Waals surface area contributed by atoms with Crippen LogP contribution in [0.1, 0.15) is 19.8 Å². The molecule has 0 fully saturated rings. The van der Waals surface area contributed by atoms with Crippen molar-refractivity contribution in [2.45, 2.75) is 25.8 Å². The van der Waals surface area contributed by atoms with Crippen LogP contribution in [0, 0.1) is 0 Å². The zero-order valence-electron chi connectivity index (χ0n) is 13.7. The number of carboxylic acid groups (broad SMARTS) is 1. The van der Waals surface area contributed by atoms with Gasteiger partial charge < -0.3 is 30.9 Å². The second kappa shape index (κ2) is 13.4. The van der Waals surface area contributed by atoms with Crippen molar-refractivity contribution in [1.29, 1.82) is 0 Å². The summed E-state index contributed by atoms with van der Waals surface area (Å²) in [6, 6.07) is -0.888. The minimum absolute atomic E-state index is 0.00371. The van der Waals surface area contributed by atoms with Gasteiger partial charge in [-0.3, -0.25) is 19.2 Å². The molecule has 0 aromatic carbocycles. The van der Waals surface area contributed by atoms with Crippen molar-refractivity contribution in [3.05, 3.63) is 0 Å². The van der Waals surface area contributed by atoms with Crippen LogP contribution in [0.2, 0.25) is 0 Å². The maximum absolute atomic E-state index is 11.7. The van der Waals surface area contributed by atoms with Crippen LogP contribution >= 0.6 is 0 Å². The summed E-state index contributed by atoms with van der Waals surface area (Å²) in [5, 5.41) is 13.3. The molecule has 1 atom stereocenters. The van der Waals surface area contributed by atoms with E-state index in [0.717, 1.165) is 0 Å². The molecule has 1 unspecified atom stereocenters. The molecule has 10 nitrogen and oxygen atoms in total. The average Bonchev–Trinajstić information content (AvgIpc) is 2.52. The zero-order valence-corrected chi connectivity index (χ0v) is 13.7. The number of hydrogen-bond acceptors (Lipinski definition) is 7. The summed E-state index contributed by atoms with van der Waals surface area (Å²) in [6.07, 6.45) is -0.243. The number of hydrogen-bond donors (Lipinski definition) is 4. The molecule has 0 aliphatic rings. The van der Waals surface area contributed by atoms with Gasteiger partial charge in [-0.25, -0.2) is 0 Å². The third-order valence-corrected chi connectivity index (χ3v) is 2.79. The van der Waals surface area contributed by atoms with Gasteiger partial charge >= 0.3 is 5.97 Å². The van der Waals surface area contributed by atoms with Gasteiger partial charge in [-0.15, -0.1) is 0 Å². The van der Waals surface area contributed by atoms with E-state index in [0.29, 0.717) is 19.8 Å². The van der Waals surface area contributed by atoms with Crippen LogP contribution in [0.3, 0.4) is 0 Å². The largest absolute Gasteiger partial charge is 0.481 e. The summed E-state index contributed by atoms with van der Waals surface area (Å²) >= 11 is 0. The molecule has 0 saturated heterocycles. The lowest BCUT2D eigenvalue weighted by atomic mass is 10.1. The fourth-order valence-electron chi connectivity index (χ4n) is 1.59. The standard InChI is InChI=1S/C14H25N3O7/c1-10(18)11(2-3-14(21)22)17-12(19)8-16-13(20)9-24-7-6-23-5-4-15/h11H,2-9,15H2,1H3,(H,16,20)(H,17,19)(H,21,22). The van der Waals surface area contributed by atoms with Gasteiger partial charge in [0.25, 0.3) is 0 Å². The third-order valence-electron chi connectivity index (χ3n) is 2.79. The molecule has 0 saturated carbocycles. The van der Waals surface area contributed by atoms with Gasteiger partial charge in [-0.2, -0.15) is 0 Å². The first kappa shape index (κ1) is 22.0. The Morgan fingerprint density at radius 2 is 1.75 bits per heavy atom. The number of nitrogens with two attached hydrogens (primary N) is 1. The first-order valence-corrected chi connectivity index (χ1v) is 7.50. The molecule has 0 spiro atoms. The molecule has 0 radical (unpaired) electrons.